The molecule has 3 rings (SSSR count). The van der Waals surface area contributed by atoms with Crippen molar-refractivity contribution in [2.24, 2.45) is 0 Å². The predicted octanol–water partition coefficient (Wildman–Crippen LogP) is 4.62. The minimum Gasteiger partial charge on any atom is -0.423 e. The number of anilines is 1. The summed E-state index contributed by atoms with van der Waals surface area (Å²) in [5.74, 6) is 0. The lowest BCUT2D eigenvalue weighted by molar-refractivity contribution is -0.384. The van der Waals surface area contributed by atoms with Gasteiger partial charge in [0.25, 0.3) is 5.69 Å². The highest BCUT2D eigenvalue weighted by Gasteiger charge is 2.13. The van der Waals surface area contributed by atoms with Crippen molar-refractivity contribution in [2.45, 2.75) is 6.54 Å². The van der Waals surface area contributed by atoms with Gasteiger partial charge in [-0.3, -0.25) is 10.1 Å². The lowest BCUT2D eigenvalue weighted by atomic mass is 10.1. The zero-order chi connectivity index (χ0) is 17.3. The molecule has 2 aromatic carbocycles. The Labute approximate surface area is 145 Å². The third kappa shape index (κ3) is 3.20. The van der Waals surface area contributed by atoms with E-state index in [2.05, 4.69) is 5.32 Å². The number of nitrogens with one attached hydrogen (secondary N) is 1. The second-order valence-corrected chi connectivity index (χ2v) is 5.78. The normalized spacial score (nSPS) is 10.8. The molecule has 122 valence electrons. The van der Waals surface area contributed by atoms with Crippen LogP contribution in [0, 0.1) is 10.1 Å². The Hall–Kier alpha value is -2.57. The molecule has 0 fully saturated rings. The number of hydrogen-bond acceptors (Lipinski definition) is 5. The number of benzene rings is 2. The van der Waals surface area contributed by atoms with Crippen LogP contribution in [0.1, 0.15) is 5.56 Å². The first-order valence-electron chi connectivity index (χ1n) is 6.85. The molecule has 24 heavy (non-hydrogen) atoms. The van der Waals surface area contributed by atoms with Crippen LogP contribution in [0.3, 0.4) is 0 Å². The second-order valence-electron chi connectivity index (χ2n) is 4.97. The lowest BCUT2D eigenvalue weighted by Crippen LogP contribution is -2.06. The fourth-order valence-corrected chi connectivity index (χ4v) is 2.83. The number of nitrogens with zero attached hydrogens (tertiary/aromatic N) is 1. The van der Waals surface area contributed by atoms with Crippen LogP contribution >= 0.6 is 23.2 Å². The van der Waals surface area contributed by atoms with Crippen LogP contribution in [0.25, 0.3) is 11.0 Å². The number of non-ortho nitro benzene ring substituents is 1. The van der Waals surface area contributed by atoms with Gasteiger partial charge in [0, 0.05) is 45.7 Å². The maximum Gasteiger partial charge on any atom is 0.338 e. The van der Waals surface area contributed by atoms with Gasteiger partial charge in [0.05, 0.1) is 10.6 Å². The molecular weight excluding hydrogens is 355 g/mol. The van der Waals surface area contributed by atoms with Crippen molar-refractivity contribution >= 4 is 45.5 Å². The van der Waals surface area contributed by atoms with Crippen LogP contribution < -0.4 is 10.9 Å². The summed E-state index contributed by atoms with van der Waals surface area (Å²) >= 11 is 12.2. The van der Waals surface area contributed by atoms with E-state index in [0.717, 1.165) is 0 Å². The van der Waals surface area contributed by atoms with Gasteiger partial charge < -0.3 is 9.73 Å². The molecule has 0 saturated carbocycles. The summed E-state index contributed by atoms with van der Waals surface area (Å²) in [5, 5.41) is 15.4. The largest absolute Gasteiger partial charge is 0.423 e. The summed E-state index contributed by atoms with van der Waals surface area (Å²) in [6, 6.07) is 10.4. The lowest BCUT2D eigenvalue weighted by Gasteiger charge is -2.11. The molecule has 0 aliphatic rings. The molecule has 0 aliphatic heterocycles. The first-order chi connectivity index (χ1) is 11.5. The van der Waals surface area contributed by atoms with Gasteiger partial charge >= 0.3 is 5.63 Å². The molecule has 0 saturated heterocycles. The van der Waals surface area contributed by atoms with E-state index < -0.39 is 10.5 Å². The number of halogens is 2. The summed E-state index contributed by atoms with van der Waals surface area (Å²) < 4.78 is 5.07. The van der Waals surface area contributed by atoms with Crippen molar-refractivity contribution in [3.63, 3.8) is 0 Å². The van der Waals surface area contributed by atoms with E-state index in [4.69, 9.17) is 27.6 Å². The topological polar surface area (TPSA) is 85.4 Å². The molecular formula is C16H10Cl2N2O4. The molecule has 8 heteroatoms. The number of nitro benzene ring substituents is 1. The van der Waals surface area contributed by atoms with E-state index in [0.29, 0.717) is 26.7 Å². The van der Waals surface area contributed by atoms with Crippen LogP contribution in [-0.4, -0.2) is 4.92 Å². The van der Waals surface area contributed by atoms with Gasteiger partial charge in [-0.15, -0.1) is 0 Å². The van der Waals surface area contributed by atoms with E-state index in [9.17, 15) is 14.9 Å². The molecule has 0 radical (unpaired) electrons. The molecule has 1 heterocycles. The minimum atomic E-state index is -0.566. The Bertz CT molecular complexity index is 981. The predicted molar refractivity (Wildman–Crippen MR) is 92.9 cm³/mol. The van der Waals surface area contributed by atoms with Crippen molar-refractivity contribution in [2.75, 3.05) is 5.32 Å². The van der Waals surface area contributed by atoms with Crippen molar-refractivity contribution in [1.29, 1.82) is 0 Å². The summed E-state index contributed by atoms with van der Waals surface area (Å²) in [5.41, 5.74) is 0.647. The highest BCUT2D eigenvalue weighted by Crippen LogP contribution is 2.29. The summed E-state index contributed by atoms with van der Waals surface area (Å²) in [4.78, 5) is 22.1. The number of rotatable bonds is 4. The Balaban J connectivity index is 2.03. The monoisotopic (exact) mass is 364 g/mol. The average Bonchev–Trinajstić information content (AvgIpc) is 2.53. The zero-order valence-corrected chi connectivity index (χ0v) is 13.6. The van der Waals surface area contributed by atoms with E-state index in [1.54, 1.807) is 18.2 Å². The van der Waals surface area contributed by atoms with E-state index >= 15 is 0 Å². The highest BCUT2D eigenvalue weighted by molar-refractivity contribution is 6.36. The summed E-state index contributed by atoms with van der Waals surface area (Å²) in [6.07, 6.45) is 0. The van der Waals surface area contributed by atoms with Gasteiger partial charge in [-0.2, -0.15) is 0 Å². The standard InChI is InChI=1S/C16H10Cl2N2O4/c17-12-2-1-3-13(18)11(12)8-19-14-7-16(21)24-15-5-4-9(20(22)23)6-10(14)15/h1-7,19H,8H2. The van der Waals surface area contributed by atoms with Crippen LogP contribution in [0.5, 0.6) is 0 Å². The van der Waals surface area contributed by atoms with Gasteiger partial charge in [-0.1, -0.05) is 29.3 Å². The molecule has 6 nitrogen and oxygen atoms in total. The van der Waals surface area contributed by atoms with Crippen molar-refractivity contribution < 1.29 is 9.34 Å². The maximum absolute atomic E-state index is 11.7. The summed E-state index contributed by atoms with van der Waals surface area (Å²) in [6.45, 7) is 0.250. The molecule has 1 aromatic heterocycles. The molecule has 3 aromatic rings. The van der Waals surface area contributed by atoms with Gasteiger partial charge in [0.2, 0.25) is 0 Å². The third-order valence-electron chi connectivity index (χ3n) is 3.45. The SMILES string of the molecule is O=c1cc(NCc2c(Cl)cccc2Cl)c2cc([N+](=O)[O-])ccc2o1. The van der Waals surface area contributed by atoms with E-state index in [1.807, 2.05) is 0 Å². The Morgan fingerprint density at radius 2 is 1.83 bits per heavy atom. The first-order valence-corrected chi connectivity index (χ1v) is 7.60. The fraction of sp³-hybridized carbons (Fsp3) is 0.0625. The molecule has 0 aliphatic carbocycles. The van der Waals surface area contributed by atoms with Gasteiger partial charge in [0.15, 0.2) is 0 Å². The molecule has 0 amide bonds. The quantitative estimate of drug-likeness (QED) is 0.414. The van der Waals surface area contributed by atoms with Gasteiger partial charge in [-0.05, 0) is 18.2 Å². The zero-order valence-electron chi connectivity index (χ0n) is 12.1. The second kappa shape index (κ2) is 6.51. The first kappa shape index (κ1) is 16.3. The smallest absolute Gasteiger partial charge is 0.338 e. The maximum atomic E-state index is 11.7. The van der Waals surface area contributed by atoms with Crippen molar-refractivity contribution in [3.8, 4) is 0 Å². The summed E-state index contributed by atoms with van der Waals surface area (Å²) in [7, 11) is 0. The molecule has 0 bridgehead atoms. The number of nitro groups is 1. The molecule has 0 spiro atoms. The van der Waals surface area contributed by atoms with Crippen molar-refractivity contribution in [3.05, 3.63) is 78.6 Å². The van der Waals surface area contributed by atoms with Crippen LogP contribution in [0.2, 0.25) is 10.0 Å². The Kier molecular flexibility index (Phi) is 4.42. The Morgan fingerprint density at radius 3 is 2.50 bits per heavy atom. The fourth-order valence-electron chi connectivity index (χ4n) is 2.30. The van der Waals surface area contributed by atoms with Crippen LogP contribution in [0.15, 0.2) is 51.7 Å². The van der Waals surface area contributed by atoms with Gasteiger partial charge in [-0.25, -0.2) is 4.79 Å². The highest BCUT2D eigenvalue weighted by atomic mass is 35.5. The number of hydrogen-bond donors (Lipinski definition) is 1. The van der Waals surface area contributed by atoms with E-state index in [1.165, 1.54) is 24.3 Å². The molecule has 1 N–H and O–H groups in total. The molecule has 0 unspecified atom stereocenters. The Morgan fingerprint density at radius 1 is 1.12 bits per heavy atom. The van der Waals surface area contributed by atoms with Crippen LogP contribution in [-0.2, 0) is 6.54 Å². The molecule has 0 atom stereocenters. The third-order valence-corrected chi connectivity index (χ3v) is 4.16. The van der Waals surface area contributed by atoms with Crippen LogP contribution in [0.4, 0.5) is 11.4 Å². The average molecular weight is 365 g/mol. The minimum absolute atomic E-state index is 0.102. The van der Waals surface area contributed by atoms with E-state index in [-0.39, 0.29) is 17.8 Å². The van der Waals surface area contributed by atoms with Crippen molar-refractivity contribution in [1.82, 2.24) is 0 Å². The number of fused-ring (bicyclic) bond motifs is 1. The van der Waals surface area contributed by atoms with Gasteiger partial charge in [0.1, 0.15) is 5.58 Å².